The Balaban J connectivity index is 4.44. The van der Waals surface area contributed by atoms with Crippen LogP contribution in [0.15, 0.2) is 0 Å². The molecule has 16 heavy (non-hydrogen) atoms. The number of aliphatic carboxylic acids is 1. The predicted molar refractivity (Wildman–Crippen MR) is 64.2 cm³/mol. The van der Waals surface area contributed by atoms with E-state index in [0.717, 1.165) is 19.3 Å². The van der Waals surface area contributed by atoms with E-state index in [2.05, 4.69) is 0 Å². The minimum absolute atomic E-state index is 0.0118. The Morgan fingerprint density at radius 1 is 1.19 bits per heavy atom. The average molecular weight is 250 g/mol. The Labute approximate surface area is 98.0 Å². The quantitative estimate of drug-likeness (QED) is 0.670. The van der Waals surface area contributed by atoms with Crippen LogP contribution in [0.4, 0.5) is 0 Å². The summed E-state index contributed by atoms with van der Waals surface area (Å²) in [6.07, 6.45) is 3.44. The van der Waals surface area contributed by atoms with Gasteiger partial charge in [0.1, 0.15) is 0 Å². The molecule has 0 aromatic rings. The van der Waals surface area contributed by atoms with Crippen LogP contribution < -0.4 is 0 Å². The van der Waals surface area contributed by atoms with Gasteiger partial charge in [-0.05, 0) is 12.3 Å². The van der Waals surface area contributed by atoms with E-state index >= 15 is 0 Å². The number of rotatable bonds is 8. The number of carbonyl (C=O) groups is 1. The van der Waals surface area contributed by atoms with Crippen molar-refractivity contribution < 1.29 is 18.3 Å². The molecule has 1 unspecified atom stereocenters. The summed E-state index contributed by atoms with van der Waals surface area (Å²) in [5.41, 5.74) is 0. The van der Waals surface area contributed by atoms with Crippen molar-refractivity contribution in [1.29, 1.82) is 0 Å². The zero-order chi connectivity index (χ0) is 12.8. The third-order valence-corrected chi connectivity index (χ3v) is 4.90. The molecule has 0 rings (SSSR count). The van der Waals surface area contributed by atoms with Crippen molar-refractivity contribution in [3.8, 4) is 0 Å². The summed E-state index contributed by atoms with van der Waals surface area (Å²) in [6, 6.07) is 0. The van der Waals surface area contributed by atoms with Gasteiger partial charge in [0, 0.05) is 0 Å². The van der Waals surface area contributed by atoms with E-state index in [1.54, 1.807) is 13.8 Å². The molecule has 0 aliphatic rings. The fourth-order valence-corrected chi connectivity index (χ4v) is 3.71. The summed E-state index contributed by atoms with van der Waals surface area (Å²) in [5, 5.41) is 7.65. The first-order valence-corrected chi connectivity index (χ1v) is 7.48. The van der Waals surface area contributed by atoms with Gasteiger partial charge in [-0.2, -0.15) is 0 Å². The van der Waals surface area contributed by atoms with Crippen LogP contribution in [0.1, 0.15) is 46.5 Å². The van der Waals surface area contributed by atoms with Crippen LogP contribution in [0.5, 0.6) is 0 Å². The summed E-state index contributed by atoms with van der Waals surface area (Å²) in [6.45, 7) is 5.30. The number of sulfone groups is 1. The molecule has 1 N–H and O–H groups in total. The highest BCUT2D eigenvalue weighted by molar-refractivity contribution is 7.92. The number of carboxylic acids is 1. The molecule has 96 valence electrons. The van der Waals surface area contributed by atoms with Crippen molar-refractivity contribution in [3.63, 3.8) is 0 Å². The van der Waals surface area contributed by atoms with E-state index in [-0.39, 0.29) is 11.7 Å². The first-order valence-electron chi connectivity index (χ1n) is 5.77. The highest BCUT2D eigenvalue weighted by atomic mass is 32.2. The SMILES string of the molecule is CCCCCCS(=O)(=O)C(C(=O)O)C(C)C. The zero-order valence-electron chi connectivity index (χ0n) is 10.3. The third-order valence-electron chi connectivity index (χ3n) is 2.52. The topological polar surface area (TPSA) is 71.4 Å². The molecule has 0 aromatic heterocycles. The summed E-state index contributed by atoms with van der Waals surface area (Å²) in [7, 11) is -3.50. The maximum atomic E-state index is 11.8. The van der Waals surface area contributed by atoms with Crippen molar-refractivity contribution in [2.24, 2.45) is 5.92 Å². The van der Waals surface area contributed by atoms with Gasteiger partial charge >= 0.3 is 5.97 Å². The number of hydrogen-bond acceptors (Lipinski definition) is 3. The molecule has 4 nitrogen and oxygen atoms in total. The maximum Gasteiger partial charge on any atom is 0.322 e. The Morgan fingerprint density at radius 3 is 2.12 bits per heavy atom. The van der Waals surface area contributed by atoms with Gasteiger partial charge in [-0.15, -0.1) is 0 Å². The van der Waals surface area contributed by atoms with E-state index < -0.39 is 21.1 Å². The molecule has 0 heterocycles. The summed E-state index contributed by atoms with van der Waals surface area (Å²) in [5.74, 6) is -1.62. The molecular weight excluding hydrogens is 228 g/mol. The van der Waals surface area contributed by atoms with Crippen molar-refractivity contribution in [3.05, 3.63) is 0 Å². The predicted octanol–water partition coefficient (Wildman–Crippen LogP) is 2.09. The van der Waals surface area contributed by atoms with Crippen LogP contribution in [0.2, 0.25) is 0 Å². The second-order valence-corrected chi connectivity index (χ2v) is 6.67. The third kappa shape index (κ3) is 4.96. The molecule has 0 aromatic carbocycles. The fourth-order valence-electron chi connectivity index (χ4n) is 1.71. The highest BCUT2D eigenvalue weighted by Gasteiger charge is 2.34. The maximum absolute atomic E-state index is 11.8. The molecule has 0 amide bonds. The van der Waals surface area contributed by atoms with Gasteiger partial charge in [0.2, 0.25) is 0 Å². The second kappa shape index (κ2) is 6.89. The number of carboxylic acid groups (broad SMARTS) is 1. The molecule has 0 bridgehead atoms. The fraction of sp³-hybridized carbons (Fsp3) is 0.909. The smallest absolute Gasteiger partial charge is 0.322 e. The molecule has 0 aliphatic carbocycles. The highest BCUT2D eigenvalue weighted by Crippen LogP contribution is 2.15. The van der Waals surface area contributed by atoms with E-state index in [4.69, 9.17) is 5.11 Å². The lowest BCUT2D eigenvalue weighted by Crippen LogP contribution is -2.36. The van der Waals surface area contributed by atoms with Crippen LogP contribution in [0.25, 0.3) is 0 Å². The lowest BCUT2D eigenvalue weighted by atomic mass is 10.1. The molecule has 0 aliphatic heterocycles. The minimum atomic E-state index is -3.50. The molecule has 5 heteroatoms. The van der Waals surface area contributed by atoms with Gasteiger partial charge in [-0.1, -0.05) is 40.0 Å². The van der Waals surface area contributed by atoms with E-state index in [1.807, 2.05) is 6.92 Å². The van der Waals surface area contributed by atoms with E-state index in [0.29, 0.717) is 6.42 Å². The van der Waals surface area contributed by atoms with Gasteiger partial charge in [0.25, 0.3) is 0 Å². The van der Waals surface area contributed by atoms with E-state index in [1.165, 1.54) is 0 Å². The van der Waals surface area contributed by atoms with Crippen molar-refractivity contribution in [2.45, 2.75) is 51.7 Å². The Morgan fingerprint density at radius 2 is 1.75 bits per heavy atom. The largest absolute Gasteiger partial charge is 0.480 e. The monoisotopic (exact) mass is 250 g/mol. The van der Waals surface area contributed by atoms with E-state index in [9.17, 15) is 13.2 Å². The van der Waals surface area contributed by atoms with Crippen LogP contribution in [-0.4, -0.2) is 30.5 Å². The first-order chi connectivity index (χ1) is 7.33. The number of unbranched alkanes of at least 4 members (excludes halogenated alkanes) is 3. The van der Waals surface area contributed by atoms with Crippen LogP contribution in [0, 0.1) is 5.92 Å². The number of hydrogen-bond donors (Lipinski definition) is 1. The molecular formula is C11H22O4S. The normalized spacial score (nSPS) is 14.0. The standard InChI is InChI=1S/C11H22O4S/c1-4-5-6-7-8-16(14,15)10(9(2)3)11(12)13/h9-10H,4-8H2,1-3H3,(H,12,13). The van der Waals surface area contributed by atoms with Crippen LogP contribution in [0.3, 0.4) is 0 Å². The molecule has 0 saturated carbocycles. The van der Waals surface area contributed by atoms with Gasteiger partial charge < -0.3 is 5.11 Å². The Bertz CT molecular complexity index is 306. The Kier molecular flexibility index (Phi) is 6.64. The summed E-state index contributed by atoms with van der Waals surface area (Å²) >= 11 is 0. The molecule has 0 radical (unpaired) electrons. The molecule has 0 saturated heterocycles. The van der Waals surface area contributed by atoms with Crippen molar-refractivity contribution in [2.75, 3.05) is 5.75 Å². The first kappa shape index (κ1) is 15.4. The zero-order valence-corrected chi connectivity index (χ0v) is 11.1. The average Bonchev–Trinajstić information content (AvgIpc) is 2.10. The van der Waals surface area contributed by atoms with Gasteiger partial charge in [0.05, 0.1) is 5.75 Å². The van der Waals surface area contributed by atoms with Gasteiger partial charge in [-0.3, -0.25) is 4.79 Å². The van der Waals surface area contributed by atoms with Crippen molar-refractivity contribution >= 4 is 15.8 Å². The van der Waals surface area contributed by atoms with Crippen LogP contribution >= 0.6 is 0 Å². The Hall–Kier alpha value is -0.580. The second-order valence-electron chi connectivity index (χ2n) is 4.43. The lowest BCUT2D eigenvalue weighted by Gasteiger charge is -2.16. The lowest BCUT2D eigenvalue weighted by molar-refractivity contribution is -0.137. The van der Waals surface area contributed by atoms with Crippen LogP contribution in [-0.2, 0) is 14.6 Å². The summed E-state index contributed by atoms with van der Waals surface area (Å²) in [4.78, 5) is 10.9. The minimum Gasteiger partial charge on any atom is -0.480 e. The molecule has 0 fully saturated rings. The van der Waals surface area contributed by atoms with Crippen molar-refractivity contribution in [1.82, 2.24) is 0 Å². The van der Waals surface area contributed by atoms with Gasteiger partial charge in [-0.25, -0.2) is 8.42 Å². The molecule has 0 spiro atoms. The van der Waals surface area contributed by atoms with Gasteiger partial charge in [0.15, 0.2) is 15.1 Å². The summed E-state index contributed by atoms with van der Waals surface area (Å²) < 4.78 is 23.6. The molecule has 1 atom stereocenters.